The van der Waals surface area contributed by atoms with E-state index in [1.807, 2.05) is 31.2 Å². The molecule has 1 aromatic carbocycles. The lowest BCUT2D eigenvalue weighted by atomic mass is 10.1. The van der Waals surface area contributed by atoms with Crippen LogP contribution in [0.5, 0.6) is 0 Å². The van der Waals surface area contributed by atoms with E-state index in [1.54, 1.807) is 11.0 Å². The molecule has 0 saturated heterocycles. The summed E-state index contributed by atoms with van der Waals surface area (Å²) in [5.41, 5.74) is 7.23. The van der Waals surface area contributed by atoms with E-state index >= 15 is 0 Å². The summed E-state index contributed by atoms with van der Waals surface area (Å²) in [5, 5.41) is 6.89. The Kier molecular flexibility index (Phi) is 4.25. The van der Waals surface area contributed by atoms with Crippen LogP contribution in [0.25, 0.3) is 5.69 Å². The average Bonchev–Trinajstić information content (AvgIpc) is 2.93. The fraction of sp³-hybridized carbons (Fsp3) is 0.308. The molecule has 19 heavy (non-hydrogen) atoms. The number of hydrogen-bond acceptors (Lipinski definition) is 4. The molecule has 0 aliphatic heterocycles. The quantitative estimate of drug-likeness (QED) is 0.848. The molecule has 3 N–H and O–H groups in total. The highest BCUT2D eigenvalue weighted by Gasteiger charge is 2.14. The van der Waals surface area contributed by atoms with Crippen LogP contribution in [0.4, 0.5) is 5.69 Å². The maximum Gasteiger partial charge on any atom is 0.241 e. The first-order valence-electron chi connectivity index (χ1n) is 6.23. The number of carbonyl (C=O) groups is 1. The highest BCUT2D eigenvalue weighted by atomic mass is 16.2. The van der Waals surface area contributed by atoms with Gasteiger partial charge in [0.15, 0.2) is 0 Å². The lowest BCUT2D eigenvalue weighted by Gasteiger charge is -2.14. The number of anilines is 1. The molecule has 0 unspecified atom stereocenters. The summed E-state index contributed by atoms with van der Waals surface area (Å²) in [5.74, 6) is -0.186. The molecule has 100 valence electrons. The van der Waals surface area contributed by atoms with E-state index < -0.39 is 6.04 Å². The van der Waals surface area contributed by atoms with Crippen LogP contribution in [-0.2, 0) is 4.79 Å². The van der Waals surface area contributed by atoms with Crippen molar-refractivity contribution < 1.29 is 4.79 Å². The third-order valence-electron chi connectivity index (χ3n) is 2.76. The van der Waals surface area contributed by atoms with E-state index in [9.17, 15) is 4.79 Å². The van der Waals surface area contributed by atoms with Gasteiger partial charge in [0, 0.05) is 0 Å². The summed E-state index contributed by atoms with van der Waals surface area (Å²) < 4.78 is 1.60. The Bertz CT molecular complexity index is 538. The van der Waals surface area contributed by atoms with Crippen LogP contribution < -0.4 is 11.1 Å². The largest absolute Gasteiger partial charge is 0.323 e. The zero-order valence-electron chi connectivity index (χ0n) is 10.8. The summed E-state index contributed by atoms with van der Waals surface area (Å²) >= 11 is 0. The van der Waals surface area contributed by atoms with Gasteiger partial charge in [-0.1, -0.05) is 25.5 Å². The molecule has 0 radical (unpaired) electrons. The van der Waals surface area contributed by atoms with Crippen LogP contribution in [0, 0.1) is 0 Å². The van der Waals surface area contributed by atoms with Gasteiger partial charge in [0.2, 0.25) is 5.91 Å². The van der Waals surface area contributed by atoms with Crippen molar-refractivity contribution in [2.75, 3.05) is 5.32 Å². The van der Waals surface area contributed by atoms with Gasteiger partial charge in [0.1, 0.15) is 12.7 Å². The van der Waals surface area contributed by atoms with E-state index in [2.05, 4.69) is 15.4 Å². The Morgan fingerprint density at radius 2 is 2.26 bits per heavy atom. The second-order valence-corrected chi connectivity index (χ2v) is 4.24. The van der Waals surface area contributed by atoms with Crippen molar-refractivity contribution in [3.63, 3.8) is 0 Å². The Balaban J connectivity index is 2.19. The predicted octanol–water partition coefficient (Wildman–Crippen LogP) is 1.33. The predicted molar refractivity (Wildman–Crippen MR) is 72.9 cm³/mol. The number of nitrogens with two attached hydrogens (primary N) is 1. The van der Waals surface area contributed by atoms with Crippen molar-refractivity contribution in [2.24, 2.45) is 5.73 Å². The molecule has 6 heteroatoms. The maximum atomic E-state index is 11.9. The van der Waals surface area contributed by atoms with Crippen LogP contribution in [0.2, 0.25) is 0 Å². The molecule has 2 aromatic rings. The molecule has 0 fully saturated rings. The topological polar surface area (TPSA) is 85.8 Å². The number of benzene rings is 1. The fourth-order valence-electron chi connectivity index (χ4n) is 1.78. The number of rotatable bonds is 5. The van der Waals surface area contributed by atoms with Crippen molar-refractivity contribution in [3.8, 4) is 5.69 Å². The smallest absolute Gasteiger partial charge is 0.241 e. The van der Waals surface area contributed by atoms with Crippen molar-refractivity contribution in [1.29, 1.82) is 0 Å². The van der Waals surface area contributed by atoms with Gasteiger partial charge in [-0.15, -0.1) is 0 Å². The molecule has 0 bridgehead atoms. The van der Waals surface area contributed by atoms with Crippen molar-refractivity contribution in [3.05, 3.63) is 36.9 Å². The van der Waals surface area contributed by atoms with Crippen LogP contribution in [0.15, 0.2) is 36.9 Å². The van der Waals surface area contributed by atoms with Crippen LogP contribution in [0.3, 0.4) is 0 Å². The normalized spacial score (nSPS) is 12.1. The molecule has 6 nitrogen and oxygen atoms in total. The number of amides is 1. The van der Waals surface area contributed by atoms with E-state index in [0.29, 0.717) is 12.1 Å². The zero-order chi connectivity index (χ0) is 13.7. The highest BCUT2D eigenvalue weighted by molar-refractivity contribution is 5.96. The molecule has 1 aromatic heterocycles. The van der Waals surface area contributed by atoms with E-state index in [0.717, 1.165) is 12.1 Å². The zero-order valence-corrected chi connectivity index (χ0v) is 10.8. The molecule has 0 aliphatic rings. The molecular formula is C13H17N5O. The fourth-order valence-corrected chi connectivity index (χ4v) is 1.78. The number of nitrogens with one attached hydrogen (secondary N) is 1. The van der Waals surface area contributed by atoms with Crippen molar-refractivity contribution in [1.82, 2.24) is 14.8 Å². The van der Waals surface area contributed by atoms with Crippen LogP contribution >= 0.6 is 0 Å². The van der Waals surface area contributed by atoms with Gasteiger partial charge in [-0.25, -0.2) is 9.67 Å². The lowest BCUT2D eigenvalue weighted by Crippen LogP contribution is -2.35. The number of para-hydroxylation sites is 2. The van der Waals surface area contributed by atoms with Crippen LogP contribution in [0.1, 0.15) is 19.8 Å². The van der Waals surface area contributed by atoms with Gasteiger partial charge < -0.3 is 11.1 Å². The molecule has 0 aliphatic carbocycles. The molecule has 1 heterocycles. The summed E-state index contributed by atoms with van der Waals surface area (Å²) in [6.07, 6.45) is 4.56. The summed E-state index contributed by atoms with van der Waals surface area (Å²) in [6, 6.07) is 6.90. The number of aromatic nitrogens is 3. The lowest BCUT2D eigenvalue weighted by molar-refractivity contribution is -0.117. The third kappa shape index (κ3) is 3.17. The summed E-state index contributed by atoms with van der Waals surface area (Å²) in [7, 11) is 0. The minimum absolute atomic E-state index is 0.186. The molecule has 2 rings (SSSR count). The van der Waals surface area contributed by atoms with E-state index in [-0.39, 0.29) is 5.91 Å². The minimum Gasteiger partial charge on any atom is -0.323 e. The van der Waals surface area contributed by atoms with Gasteiger partial charge in [-0.2, -0.15) is 5.10 Å². The first-order chi connectivity index (χ1) is 9.22. The monoisotopic (exact) mass is 259 g/mol. The Morgan fingerprint density at radius 1 is 1.47 bits per heavy atom. The molecule has 0 spiro atoms. The summed E-state index contributed by atoms with van der Waals surface area (Å²) in [4.78, 5) is 15.8. The SMILES string of the molecule is CCC[C@H](N)C(=O)Nc1ccccc1-n1cncn1. The van der Waals surface area contributed by atoms with Crippen molar-refractivity contribution >= 4 is 11.6 Å². The average molecular weight is 259 g/mol. The highest BCUT2D eigenvalue weighted by Crippen LogP contribution is 2.18. The minimum atomic E-state index is -0.492. The third-order valence-corrected chi connectivity index (χ3v) is 2.76. The van der Waals surface area contributed by atoms with Crippen molar-refractivity contribution in [2.45, 2.75) is 25.8 Å². The standard InChI is InChI=1S/C13H17N5O/c1-2-5-10(14)13(19)17-11-6-3-4-7-12(11)18-9-15-8-16-18/h3-4,6-10H,2,5,14H2,1H3,(H,17,19)/t10-/m0/s1. The van der Waals surface area contributed by atoms with Gasteiger partial charge in [0.05, 0.1) is 17.4 Å². The second kappa shape index (κ2) is 6.10. The molecular weight excluding hydrogens is 242 g/mol. The molecule has 0 saturated carbocycles. The van der Waals surface area contributed by atoms with Gasteiger partial charge in [0.25, 0.3) is 0 Å². The van der Waals surface area contributed by atoms with E-state index in [1.165, 1.54) is 6.33 Å². The first kappa shape index (κ1) is 13.2. The van der Waals surface area contributed by atoms with E-state index in [4.69, 9.17) is 5.73 Å². The number of carbonyl (C=O) groups excluding carboxylic acids is 1. The number of hydrogen-bond donors (Lipinski definition) is 2. The molecule has 1 amide bonds. The first-order valence-corrected chi connectivity index (χ1v) is 6.23. The second-order valence-electron chi connectivity index (χ2n) is 4.24. The number of nitrogens with zero attached hydrogens (tertiary/aromatic N) is 3. The maximum absolute atomic E-state index is 11.9. The Hall–Kier alpha value is -2.21. The Morgan fingerprint density at radius 3 is 2.95 bits per heavy atom. The summed E-state index contributed by atoms with van der Waals surface area (Å²) in [6.45, 7) is 2.00. The van der Waals surface area contributed by atoms with Crippen LogP contribution in [-0.4, -0.2) is 26.7 Å². The molecule has 1 atom stereocenters. The van der Waals surface area contributed by atoms with Gasteiger partial charge >= 0.3 is 0 Å². The van der Waals surface area contributed by atoms with Gasteiger partial charge in [-0.05, 0) is 18.6 Å². The van der Waals surface area contributed by atoms with Gasteiger partial charge in [-0.3, -0.25) is 4.79 Å². The Labute approximate surface area is 111 Å².